The second-order valence-corrected chi connectivity index (χ2v) is 13.4. The summed E-state index contributed by atoms with van der Waals surface area (Å²) < 4.78 is 47.8. The third kappa shape index (κ3) is 5.26. The molecule has 2 aliphatic carbocycles. The molecule has 0 bridgehead atoms. The number of amides is 2. The molecule has 3 aromatic rings. The molecule has 3 heterocycles. The Morgan fingerprint density at radius 1 is 1.09 bits per heavy atom. The number of methoxy groups -OCH3 is 1. The van der Waals surface area contributed by atoms with Crippen LogP contribution in [-0.2, 0) is 18.1 Å². The van der Waals surface area contributed by atoms with Gasteiger partial charge in [0.25, 0.3) is 11.8 Å². The molecule has 2 amide bonds. The molecule has 7 rings (SSSR count). The highest BCUT2D eigenvalue weighted by Gasteiger charge is 2.56. The van der Waals surface area contributed by atoms with Gasteiger partial charge in [-0.15, -0.1) is 0 Å². The van der Waals surface area contributed by atoms with E-state index in [1.165, 1.54) is 7.11 Å². The number of fused-ring (bicyclic) bond motifs is 2. The van der Waals surface area contributed by atoms with Gasteiger partial charge in [-0.2, -0.15) is 13.2 Å². The molecule has 242 valence electrons. The molecule has 2 saturated carbocycles. The van der Waals surface area contributed by atoms with Gasteiger partial charge in [0.2, 0.25) is 5.95 Å². The van der Waals surface area contributed by atoms with Crippen LogP contribution in [0.25, 0.3) is 0 Å². The van der Waals surface area contributed by atoms with Crippen molar-refractivity contribution in [2.24, 2.45) is 5.41 Å². The van der Waals surface area contributed by atoms with E-state index in [1.807, 2.05) is 6.07 Å². The maximum Gasteiger partial charge on any atom is 0.419 e. The van der Waals surface area contributed by atoms with Crippen molar-refractivity contribution in [3.8, 4) is 5.75 Å². The van der Waals surface area contributed by atoms with E-state index in [0.29, 0.717) is 33.5 Å². The van der Waals surface area contributed by atoms with E-state index in [4.69, 9.17) is 4.74 Å². The van der Waals surface area contributed by atoms with Crippen molar-refractivity contribution in [1.82, 2.24) is 25.1 Å². The number of nitrogens with zero attached hydrogens (tertiary/aromatic N) is 4. The number of likely N-dealkylation sites (tertiary alicyclic amines) is 1. The molecule has 2 aromatic carbocycles. The minimum absolute atomic E-state index is 0.0639. The summed E-state index contributed by atoms with van der Waals surface area (Å²) in [5.74, 6) is -0.127. The topological polar surface area (TPSA) is 99.7 Å². The molecule has 9 nitrogen and oxygen atoms in total. The average molecular weight is 635 g/mol. The Hall–Kier alpha value is -4.19. The predicted molar refractivity (Wildman–Crippen MR) is 165 cm³/mol. The molecular formula is C34H37F3N6O3. The van der Waals surface area contributed by atoms with Crippen LogP contribution in [0.2, 0.25) is 0 Å². The summed E-state index contributed by atoms with van der Waals surface area (Å²) in [6, 6.07) is 10.3. The van der Waals surface area contributed by atoms with Crippen LogP contribution in [-0.4, -0.2) is 71.9 Å². The van der Waals surface area contributed by atoms with Gasteiger partial charge in [-0.25, -0.2) is 9.97 Å². The van der Waals surface area contributed by atoms with Gasteiger partial charge in [0.05, 0.1) is 29.6 Å². The van der Waals surface area contributed by atoms with Crippen LogP contribution in [0.15, 0.2) is 42.6 Å². The van der Waals surface area contributed by atoms with E-state index in [9.17, 15) is 22.8 Å². The fourth-order valence-corrected chi connectivity index (χ4v) is 7.80. The van der Waals surface area contributed by atoms with Crippen molar-refractivity contribution < 1.29 is 27.5 Å². The summed E-state index contributed by atoms with van der Waals surface area (Å²) in [6.07, 6.45) is 1.64. The number of ether oxygens (including phenoxy) is 1. The van der Waals surface area contributed by atoms with Crippen LogP contribution in [0.5, 0.6) is 5.75 Å². The number of nitrogens with one attached hydrogen (secondary N) is 2. The largest absolute Gasteiger partial charge is 0.495 e. The molecule has 4 aliphatic rings. The molecule has 2 N–H and O–H groups in total. The normalized spacial score (nSPS) is 20.0. The molecule has 12 heteroatoms. The lowest BCUT2D eigenvalue weighted by atomic mass is 9.67. The van der Waals surface area contributed by atoms with Crippen molar-refractivity contribution in [2.75, 3.05) is 39.6 Å². The summed E-state index contributed by atoms with van der Waals surface area (Å²) in [7, 11) is 5.33. The second kappa shape index (κ2) is 11.0. The number of aromatic nitrogens is 2. The van der Waals surface area contributed by atoms with Crippen molar-refractivity contribution in [2.45, 2.75) is 62.7 Å². The number of carbonyl (C=O) groups is 2. The number of alkyl halides is 3. The maximum absolute atomic E-state index is 14.1. The molecular weight excluding hydrogens is 597 g/mol. The van der Waals surface area contributed by atoms with Gasteiger partial charge in [-0.1, -0.05) is 18.2 Å². The SMILES string of the molecule is COc1cc(C(=O)NC2CCC3(CC2)CN(C)C3)ccc1Nc1ncc(C(F)(F)F)c(Cc2cccc3c2C(=O)N(C)C32CC2)n1. The number of carbonyl (C=O) groups excluding carboxylic acids is 2. The number of hydrogen-bond acceptors (Lipinski definition) is 7. The molecule has 0 radical (unpaired) electrons. The number of halogens is 3. The highest BCUT2D eigenvalue weighted by Crippen LogP contribution is 2.56. The number of benzene rings is 2. The van der Waals surface area contributed by atoms with Gasteiger partial charge >= 0.3 is 6.18 Å². The van der Waals surface area contributed by atoms with E-state index in [2.05, 4.69) is 32.5 Å². The summed E-state index contributed by atoms with van der Waals surface area (Å²) >= 11 is 0. The zero-order chi connectivity index (χ0) is 32.4. The lowest BCUT2D eigenvalue weighted by molar-refractivity contribution is -0.138. The average Bonchev–Trinajstić information content (AvgIpc) is 3.79. The van der Waals surface area contributed by atoms with Crippen LogP contribution in [0.4, 0.5) is 24.8 Å². The first kappa shape index (κ1) is 30.5. The van der Waals surface area contributed by atoms with Crippen LogP contribution in [0.1, 0.15) is 81.6 Å². The number of rotatable bonds is 7. The Kier molecular flexibility index (Phi) is 7.26. The van der Waals surface area contributed by atoms with Gasteiger partial charge in [0.1, 0.15) is 5.75 Å². The van der Waals surface area contributed by atoms with Crippen molar-refractivity contribution in [3.63, 3.8) is 0 Å². The van der Waals surface area contributed by atoms with E-state index >= 15 is 0 Å². The highest BCUT2D eigenvalue weighted by atomic mass is 19.4. The Labute approximate surface area is 265 Å². The van der Waals surface area contributed by atoms with Gasteiger partial charge in [0, 0.05) is 49.9 Å². The molecule has 2 spiro atoms. The summed E-state index contributed by atoms with van der Waals surface area (Å²) in [4.78, 5) is 38.6. The van der Waals surface area contributed by atoms with E-state index < -0.39 is 11.7 Å². The maximum atomic E-state index is 14.1. The zero-order valence-corrected chi connectivity index (χ0v) is 26.1. The van der Waals surface area contributed by atoms with Gasteiger partial charge in [-0.3, -0.25) is 9.59 Å². The molecule has 46 heavy (non-hydrogen) atoms. The smallest absolute Gasteiger partial charge is 0.419 e. The van der Waals surface area contributed by atoms with Crippen LogP contribution in [0.3, 0.4) is 0 Å². The first-order chi connectivity index (χ1) is 21.9. The van der Waals surface area contributed by atoms with Gasteiger partial charge < -0.3 is 25.2 Å². The summed E-state index contributed by atoms with van der Waals surface area (Å²) in [5, 5.41) is 6.12. The monoisotopic (exact) mass is 634 g/mol. The molecule has 0 unspecified atom stereocenters. The fraction of sp³-hybridized carbons (Fsp3) is 0.471. The quantitative estimate of drug-likeness (QED) is 0.353. The van der Waals surface area contributed by atoms with Crippen molar-refractivity contribution >= 4 is 23.5 Å². The molecule has 1 saturated heterocycles. The highest BCUT2D eigenvalue weighted by molar-refractivity contribution is 6.02. The number of hydrogen-bond donors (Lipinski definition) is 2. The fourth-order valence-electron chi connectivity index (χ4n) is 7.80. The Balaban J connectivity index is 1.10. The lowest BCUT2D eigenvalue weighted by Crippen LogP contribution is -2.57. The second-order valence-electron chi connectivity index (χ2n) is 13.4. The Morgan fingerprint density at radius 2 is 1.83 bits per heavy atom. The van der Waals surface area contributed by atoms with Crippen LogP contribution in [0, 0.1) is 5.41 Å². The van der Waals surface area contributed by atoms with E-state index in [1.54, 1.807) is 42.3 Å². The predicted octanol–water partition coefficient (Wildman–Crippen LogP) is 5.52. The third-order valence-corrected chi connectivity index (χ3v) is 10.4. The van der Waals surface area contributed by atoms with Crippen LogP contribution < -0.4 is 15.4 Å². The van der Waals surface area contributed by atoms with Gasteiger partial charge in [-0.05, 0) is 80.3 Å². The minimum Gasteiger partial charge on any atom is -0.495 e. The Bertz CT molecular complexity index is 1710. The first-order valence-electron chi connectivity index (χ1n) is 15.7. The van der Waals surface area contributed by atoms with E-state index in [-0.39, 0.29) is 41.5 Å². The minimum atomic E-state index is -4.69. The van der Waals surface area contributed by atoms with Gasteiger partial charge in [0.15, 0.2) is 0 Å². The summed E-state index contributed by atoms with van der Waals surface area (Å²) in [5.41, 5.74) is 1.48. The van der Waals surface area contributed by atoms with Crippen LogP contribution >= 0.6 is 0 Å². The van der Waals surface area contributed by atoms with E-state index in [0.717, 1.165) is 63.4 Å². The lowest BCUT2D eigenvalue weighted by Gasteiger charge is -2.52. The molecule has 1 aromatic heterocycles. The molecule has 3 fully saturated rings. The molecule has 0 atom stereocenters. The summed E-state index contributed by atoms with van der Waals surface area (Å²) in [6.45, 7) is 2.24. The standard InChI is InChI=1S/C34H37F3N6O3/c1-42-18-32(19-42)11-9-22(10-12-32)39-29(44)21-7-8-25(27(16-21)46-3)40-31-38-17-24(34(35,36)37)26(41-31)15-20-5-4-6-23-28(20)30(45)43(2)33(23)13-14-33/h4-8,16-17,22H,9-15,18-19H2,1-3H3,(H,39,44)(H,38,40,41). The zero-order valence-electron chi connectivity index (χ0n) is 26.1. The molecule has 2 aliphatic heterocycles. The van der Waals surface area contributed by atoms with Crippen molar-refractivity contribution in [3.05, 3.63) is 76.1 Å². The third-order valence-electron chi connectivity index (χ3n) is 10.4. The first-order valence-corrected chi connectivity index (χ1v) is 15.7. The number of anilines is 2. The van der Waals surface area contributed by atoms with Crippen molar-refractivity contribution in [1.29, 1.82) is 0 Å². The Morgan fingerprint density at radius 3 is 2.48 bits per heavy atom.